The smallest absolute Gasteiger partial charge is 0.257 e. The van der Waals surface area contributed by atoms with Crippen molar-refractivity contribution in [2.24, 2.45) is 11.8 Å². The number of ether oxygens (including phenoxy) is 2. The van der Waals surface area contributed by atoms with Gasteiger partial charge in [-0.05, 0) is 49.4 Å². The summed E-state index contributed by atoms with van der Waals surface area (Å²) in [5.41, 5.74) is 2.27. The number of hydrogen-bond donors (Lipinski definition) is 1. The maximum atomic E-state index is 13.5. The summed E-state index contributed by atoms with van der Waals surface area (Å²) in [5.74, 6) is 0.645. The molecule has 0 spiro atoms. The number of aromatic nitrogens is 1. The summed E-state index contributed by atoms with van der Waals surface area (Å²) in [6.45, 7) is 6.68. The molecule has 0 bridgehead atoms. The Morgan fingerprint density at radius 3 is 2.66 bits per heavy atom. The number of anilines is 1. The fraction of sp³-hybridized carbons (Fsp3) is 0.567. The molecule has 1 N–H and O–H groups in total. The Labute approximate surface area is 226 Å². The number of carbonyl (C=O) groups is 2. The van der Waals surface area contributed by atoms with Crippen LogP contribution in [0.1, 0.15) is 61.9 Å². The van der Waals surface area contributed by atoms with Crippen molar-refractivity contribution < 1.29 is 19.1 Å². The molecule has 2 aromatic rings. The summed E-state index contributed by atoms with van der Waals surface area (Å²) in [5, 5.41) is 3.07. The molecule has 0 unspecified atom stereocenters. The van der Waals surface area contributed by atoms with Gasteiger partial charge >= 0.3 is 0 Å². The number of amides is 2. The van der Waals surface area contributed by atoms with E-state index in [1.54, 1.807) is 43.5 Å². The van der Waals surface area contributed by atoms with Crippen molar-refractivity contribution in [1.82, 2.24) is 14.8 Å². The van der Waals surface area contributed by atoms with Crippen molar-refractivity contribution in [3.05, 3.63) is 53.9 Å². The summed E-state index contributed by atoms with van der Waals surface area (Å²) in [6, 6.07) is 9.46. The number of methoxy groups -OCH3 is 1. The molecule has 0 radical (unpaired) electrons. The molecule has 4 rings (SSSR count). The number of nitrogens with one attached hydrogen (secondary N) is 1. The second-order valence-corrected chi connectivity index (χ2v) is 10.9. The van der Waals surface area contributed by atoms with E-state index in [2.05, 4.69) is 35.1 Å². The second-order valence-electron chi connectivity index (χ2n) is 10.9. The zero-order chi connectivity index (χ0) is 27.1. The van der Waals surface area contributed by atoms with Crippen molar-refractivity contribution in [3.63, 3.8) is 0 Å². The highest BCUT2D eigenvalue weighted by atomic mass is 16.5. The number of benzene rings is 1. The van der Waals surface area contributed by atoms with Gasteiger partial charge in [-0.2, -0.15) is 0 Å². The lowest BCUT2D eigenvalue weighted by atomic mass is 9.88. The van der Waals surface area contributed by atoms with Gasteiger partial charge in [-0.15, -0.1) is 0 Å². The van der Waals surface area contributed by atoms with Crippen molar-refractivity contribution in [3.8, 4) is 5.75 Å². The van der Waals surface area contributed by atoms with Gasteiger partial charge < -0.3 is 19.7 Å². The van der Waals surface area contributed by atoms with E-state index in [1.807, 2.05) is 12.3 Å². The van der Waals surface area contributed by atoms with Crippen LogP contribution in [0.25, 0.3) is 0 Å². The van der Waals surface area contributed by atoms with Crippen LogP contribution in [0.15, 0.2) is 42.7 Å². The molecule has 3 atom stereocenters. The van der Waals surface area contributed by atoms with Gasteiger partial charge in [-0.25, -0.2) is 0 Å². The summed E-state index contributed by atoms with van der Waals surface area (Å²) in [4.78, 5) is 34.7. The number of rotatable bonds is 5. The molecule has 1 aliphatic heterocycles. The maximum absolute atomic E-state index is 13.5. The molecule has 1 aromatic heterocycles. The first-order valence-corrected chi connectivity index (χ1v) is 13.8. The van der Waals surface area contributed by atoms with Gasteiger partial charge in [0.2, 0.25) is 5.91 Å². The molecule has 0 saturated heterocycles. The Morgan fingerprint density at radius 1 is 1.16 bits per heavy atom. The fourth-order valence-corrected chi connectivity index (χ4v) is 5.48. The molecule has 1 aromatic carbocycles. The van der Waals surface area contributed by atoms with Crippen LogP contribution in [0.2, 0.25) is 0 Å². The average molecular weight is 523 g/mol. The van der Waals surface area contributed by atoms with Crippen LogP contribution in [-0.2, 0) is 16.1 Å². The molecule has 1 saturated carbocycles. The predicted octanol–water partition coefficient (Wildman–Crippen LogP) is 4.61. The summed E-state index contributed by atoms with van der Waals surface area (Å²) < 4.78 is 12.2. The standard InChI is InChI=1S/C30H42N4O4/c1-21-17-34(18-23-9-8-14-31-16-23)22(2)20-38-27-15-25(32-29(35)24-10-6-5-7-11-24)12-13-26(27)30(36)33(3)19-28(21)37-4/h8-9,12-16,21-22,24,28H,5-7,10-11,17-20H2,1-4H3,(H,32,35)/t21-,22-,28-/m0/s1. The van der Waals surface area contributed by atoms with Crippen LogP contribution >= 0.6 is 0 Å². The predicted molar refractivity (Wildman–Crippen MR) is 148 cm³/mol. The minimum absolute atomic E-state index is 0.0486. The summed E-state index contributed by atoms with van der Waals surface area (Å²) >= 11 is 0. The molecule has 2 amide bonds. The SMILES string of the molecule is CO[C@H]1CN(C)C(=O)c2ccc(NC(=O)C3CCCCC3)cc2OC[C@H](C)N(Cc2cccnc2)C[C@@H]1C. The summed E-state index contributed by atoms with van der Waals surface area (Å²) in [6.07, 6.45) is 8.81. The topological polar surface area (TPSA) is 84.0 Å². The first-order valence-electron chi connectivity index (χ1n) is 13.8. The van der Waals surface area contributed by atoms with E-state index in [0.29, 0.717) is 30.2 Å². The van der Waals surface area contributed by atoms with Crippen LogP contribution < -0.4 is 10.1 Å². The number of likely N-dealkylation sites (N-methyl/N-ethyl adjacent to an activating group) is 1. The third kappa shape index (κ3) is 7.11. The zero-order valence-corrected chi connectivity index (χ0v) is 23.2. The third-order valence-corrected chi connectivity index (χ3v) is 7.93. The van der Waals surface area contributed by atoms with Crippen LogP contribution in [0.5, 0.6) is 5.75 Å². The molecule has 1 fully saturated rings. The van der Waals surface area contributed by atoms with E-state index in [0.717, 1.165) is 44.3 Å². The molecule has 1 aliphatic carbocycles. The monoisotopic (exact) mass is 522 g/mol. The van der Waals surface area contributed by atoms with Gasteiger partial charge in [0, 0.05) is 69.9 Å². The van der Waals surface area contributed by atoms with Gasteiger partial charge in [0.15, 0.2) is 0 Å². The van der Waals surface area contributed by atoms with Crippen LogP contribution in [-0.4, -0.2) is 72.6 Å². The molecule has 2 aliphatic rings. The Hall–Kier alpha value is -2.97. The average Bonchev–Trinajstić information content (AvgIpc) is 2.94. The Bertz CT molecular complexity index is 1070. The van der Waals surface area contributed by atoms with Crippen LogP contribution in [0.4, 0.5) is 5.69 Å². The number of nitrogens with zero attached hydrogens (tertiary/aromatic N) is 3. The van der Waals surface area contributed by atoms with Gasteiger partial charge in [-0.1, -0.05) is 32.3 Å². The maximum Gasteiger partial charge on any atom is 0.257 e. The Morgan fingerprint density at radius 2 is 1.95 bits per heavy atom. The largest absolute Gasteiger partial charge is 0.491 e. The number of fused-ring (bicyclic) bond motifs is 1. The van der Waals surface area contributed by atoms with E-state index >= 15 is 0 Å². The second kappa shape index (κ2) is 13.2. The van der Waals surface area contributed by atoms with E-state index in [1.165, 1.54) is 6.42 Å². The molecule has 8 nitrogen and oxygen atoms in total. The van der Waals surface area contributed by atoms with Gasteiger partial charge in [0.1, 0.15) is 12.4 Å². The quantitative estimate of drug-likeness (QED) is 0.618. The Balaban J connectivity index is 1.59. The minimum Gasteiger partial charge on any atom is -0.491 e. The lowest BCUT2D eigenvalue weighted by molar-refractivity contribution is -0.120. The zero-order valence-electron chi connectivity index (χ0n) is 23.2. The first-order chi connectivity index (χ1) is 18.4. The third-order valence-electron chi connectivity index (χ3n) is 7.93. The number of pyridine rings is 1. The van der Waals surface area contributed by atoms with Gasteiger partial charge in [0.25, 0.3) is 5.91 Å². The first kappa shape index (κ1) is 28.0. The normalized spacial score (nSPS) is 24.1. The molecule has 206 valence electrons. The lowest BCUT2D eigenvalue weighted by Gasteiger charge is -2.36. The fourth-order valence-electron chi connectivity index (χ4n) is 5.48. The van der Waals surface area contributed by atoms with E-state index in [9.17, 15) is 9.59 Å². The van der Waals surface area contributed by atoms with Crippen molar-refractivity contribution in [1.29, 1.82) is 0 Å². The highest BCUT2D eigenvalue weighted by Crippen LogP contribution is 2.29. The summed E-state index contributed by atoms with van der Waals surface area (Å²) in [7, 11) is 3.50. The molecular weight excluding hydrogens is 480 g/mol. The van der Waals surface area contributed by atoms with Crippen LogP contribution in [0, 0.1) is 11.8 Å². The highest BCUT2D eigenvalue weighted by Gasteiger charge is 2.29. The molecular formula is C30H42N4O4. The van der Waals surface area contributed by atoms with Crippen molar-refractivity contribution >= 4 is 17.5 Å². The number of carbonyl (C=O) groups excluding carboxylic acids is 2. The van der Waals surface area contributed by atoms with Gasteiger partial charge in [0.05, 0.1) is 11.7 Å². The van der Waals surface area contributed by atoms with Crippen LogP contribution in [0.3, 0.4) is 0 Å². The van der Waals surface area contributed by atoms with Crippen molar-refractivity contribution in [2.75, 3.05) is 39.2 Å². The van der Waals surface area contributed by atoms with E-state index < -0.39 is 0 Å². The Kier molecular flexibility index (Phi) is 9.74. The van der Waals surface area contributed by atoms with Crippen molar-refractivity contribution in [2.45, 2.75) is 64.6 Å². The molecule has 2 heterocycles. The van der Waals surface area contributed by atoms with E-state index in [4.69, 9.17) is 9.47 Å². The lowest BCUT2D eigenvalue weighted by Crippen LogP contribution is -2.46. The van der Waals surface area contributed by atoms with E-state index in [-0.39, 0.29) is 35.8 Å². The molecule has 38 heavy (non-hydrogen) atoms. The highest BCUT2D eigenvalue weighted by molar-refractivity contribution is 5.98. The van der Waals surface area contributed by atoms with Gasteiger partial charge in [-0.3, -0.25) is 19.5 Å². The minimum atomic E-state index is -0.125. The number of hydrogen-bond acceptors (Lipinski definition) is 6. The molecule has 8 heteroatoms.